The van der Waals surface area contributed by atoms with Crippen molar-refractivity contribution in [3.05, 3.63) is 36.4 Å². The van der Waals surface area contributed by atoms with Crippen molar-refractivity contribution in [1.29, 1.82) is 0 Å². The molecule has 0 fully saturated rings. The molecule has 23 heavy (non-hydrogen) atoms. The molecule has 0 spiro atoms. The van der Waals surface area contributed by atoms with E-state index in [4.69, 9.17) is 4.74 Å². The van der Waals surface area contributed by atoms with Crippen molar-refractivity contribution in [1.82, 2.24) is 15.0 Å². The number of rotatable bonds is 12. The molecule has 0 aromatic carbocycles. The van der Waals surface area contributed by atoms with E-state index >= 15 is 0 Å². The van der Waals surface area contributed by atoms with E-state index in [1.807, 2.05) is 19.1 Å². The van der Waals surface area contributed by atoms with E-state index in [0.29, 0.717) is 12.5 Å². The van der Waals surface area contributed by atoms with Crippen molar-refractivity contribution in [2.24, 2.45) is 5.92 Å². The lowest BCUT2D eigenvalue weighted by molar-refractivity contribution is 0.147. The molecule has 4 heteroatoms. The van der Waals surface area contributed by atoms with Gasteiger partial charge in [0.15, 0.2) is 0 Å². The minimum Gasteiger partial charge on any atom is -0.498 e. The zero-order chi connectivity index (χ0) is 17.1. The van der Waals surface area contributed by atoms with Crippen LogP contribution in [0.1, 0.15) is 64.3 Å². The van der Waals surface area contributed by atoms with Crippen LogP contribution in [-0.2, 0) is 11.3 Å². The fourth-order valence-electron chi connectivity index (χ4n) is 2.33. The predicted octanol–water partition coefficient (Wildman–Crippen LogP) is 5.09. The monoisotopic (exact) mass is 317 g/mol. The Labute approximate surface area is 140 Å². The normalized spacial score (nSPS) is 12.5. The highest BCUT2D eigenvalue weighted by Gasteiger charge is 2.09. The van der Waals surface area contributed by atoms with Crippen molar-refractivity contribution < 1.29 is 4.74 Å². The quantitative estimate of drug-likeness (QED) is 0.504. The Morgan fingerprint density at radius 2 is 2.04 bits per heavy atom. The molecular weight excluding hydrogens is 286 g/mol. The van der Waals surface area contributed by atoms with E-state index in [-0.39, 0.29) is 0 Å². The first-order valence-electron chi connectivity index (χ1n) is 8.65. The van der Waals surface area contributed by atoms with Gasteiger partial charge in [-0.3, -0.25) is 0 Å². The fourth-order valence-corrected chi connectivity index (χ4v) is 2.33. The summed E-state index contributed by atoms with van der Waals surface area (Å²) in [6, 6.07) is 0. The summed E-state index contributed by atoms with van der Waals surface area (Å²) < 4.78 is 5.83. The summed E-state index contributed by atoms with van der Waals surface area (Å²) in [6.07, 6.45) is 11.2. The Bertz CT molecular complexity index is 517. The number of aryl methyl sites for hydroxylation is 1. The van der Waals surface area contributed by atoms with Gasteiger partial charge in [0.1, 0.15) is 11.4 Å². The van der Waals surface area contributed by atoms with Gasteiger partial charge in [0.05, 0.1) is 18.9 Å². The van der Waals surface area contributed by atoms with Crippen molar-refractivity contribution in [3.8, 4) is 0 Å². The van der Waals surface area contributed by atoms with Gasteiger partial charge in [-0.2, -0.15) is 15.0 Å². The van der Waals surface area contributed by atoms with Gasteiger partial charge in [-0.05, 0) is 31.4 Å². The maximum Gasteiger partial charge on any atom is 0.112 e. The van der Waals surface area contributed by atoms with Crippen LogP contribution < -0.4 is 0 Å². The van der Waals surface area contributed by atoms with Gasteiger partial charge in [-0.25, -0.2) is 0 Å². The van der Waals surface area contributed by atoms with Gasteiger partial charge < -0.3 is 4.74 Å². The van der Waals surface area contributed by atoms with Gasteiger partial charge in [0.25, 0.3) is 0 Å². The van der Waals surface area contributed by atoms with E-state index < -0.39 is 0 Å². The van der Waals surface area contributed by atoms with E-state index in [2.05, 4.69) is 37.2 Å². The zero-order valence-electron chi connectivity index (χ0n) is 14.9. The Morgan fingerprint density at radius 3 is 2.65 bits per heavy atom. The molecule has 0 aliphatic heterocycles. The number of nitrogens with zero attached hydrogens (tertiary/aromatic N) is 3. The number of unbranched alkanes of at least 4 members (excludes halogenated alkanes) is 1. The van der Waals surface area contributed by atoms with Crippen LogP contribution in [0.25, 0.3) is 12.2 Å². The smallest absolute Gasteiger partial charge is 0.112 e. The van der Waals surface area contributed by atoms with Crippen molar-refractivity contribution >= 4 is 12.2 Å². The number of hydrogen-bond donors (Lipinski definition) is 0. The van der Waals surface area contributed by atoms with Gasteiger partial charge >= 0.3 is 0 Å². The summed E-state index contributed by atoms with van der Waals surface area (Å²) in [7, 11) is 0. The molecule has 0 radical (unpaired) electrons. The van der Waals surface area contributed by atoms with Gasteiger partial charge in [-0.15, -0.1) is 0 Å². The third kappa shape index (κ3) is 6.85. The number of hydrogen-bond acceptors (Lipinski definition) is 3. The molecule has 0 bridgehead atoms. The lowest BCUT2D eigenvalue weighted by atomic mass is 10.0. The molecule has 0 aliphatic rings. The summed E-state index contributed by atoms with van der Waals surface area (Å²) in [5, 5.41) is 8.86. The molecule has 0 N–H and O–H groups in total. The molecule has 1 aromatic rings. The summed E-state index contributed by atoms with van der Waals surface area (Å²) in [6.45, 7) is 15.6. The molecule has 0 saturated heterocycles. The van der Waals surface area contributed by atoms with Crippen molar-refractivity contribution in [3.63, 3.8) is 0 Å². The minimum atomic E-state index is 0.628. The maximum atomic E-state index is 5.83. The van der Waals surface area contributed by atoms with Crippen molar-refractivity contribution in [2.75, 3.05) is 6.61 Å². The first kappa shape index (κ1) is 19.2. The van der Waals surface area contributed by atoms with Gasteiger partial charge in [-0.1, -0.05) is 52.3 Å². The van der Waals surface area contributed by atoms with Crippen LogP contribution in [0.5, 0.6) is 0 Å². The molecule has 1 unspecified atom stereocenters. The number of allylic oxidation sites excluding steroid dienone is 2. The molecular formula is C19H31N3O. The molecule has 0 amide bonds. The Hall–Kier alpha value is -1.84. The second-order valence-corrected chi connectivity index (χ2v) is 5.79. The molecule has 1 heterocycles. The standard InChI is InChI=1S/C19H31N3O/c1-6-10-12-17(8-3)15-23-16(5)13-14-22-20-18(9-4)19(21-22)11-7-2/h7,9,11,17H,4-6,8,10,12-15H2,1-3H3/b11-7-. The highest BCUT2D eigenvalue weighted by molar-refractivity contribution is 5.57. The third-order valence-electron chi connectivity index (χ3n) is 3.88. The highest BCUT2D eigenvalue weighted by atomic mass is 16.5. The Kier molecular flexibility index (Phi) is 9.03. The summed E-state index contributed by atoms with van der Waals surface area (Å²) in [5.74, 6) is 1.44. The zero-order valence-corrected chi connectivity index (χ0v) is 14.9. The predicted molar refractivity (Wildman–Crippen MR) is 97.8 cm³/mol. The number of ether oxygens (including phenoxy) is 1. The summed E-state index contributed by atoms with van der Waals surface area (Å²) in [4.78, 5) is 1.69. The van der Waals surface area contributed by atoms with Crippen LogP contribution in [0.2, 0.25) is 0 Å². The van der Waals surface area contributed by atoms with Crippen LogP contribution >= 0.6 is 0 Å². The molecule has 4 nitrogen and oxygen atoms in total. The largest absolute Gasteiger partial charge is 0.498 e. The Morgan fingerprint density at radius 1 is 1.30 bits per heavy atom. The van der Waals surface area contributed by atoms with Gasteiger partial charge in [0, 0.05) is 6.42 Å². The molecule has 0 saturated carbocycles. The lowest BCUT2D eigenvalue weighted by Gasteiger charge is -2.16. The SMILES string of the molecule is C=Cc1nn(CCC(=C)OCC(CC)CCCC)nc1/C=C\C. The van der Waals surface area contributed by atoms with E-state index in [0.717, 1.165) is 36.6 Å². The Balaban J connectivity index is 2.42. The first-order valence-corrected chi connectivity index (χ1v) is 8.65. The number of aromatic nitrogens is 3. The lowest BCUT2D eigenvalue weighted by Crippen LogP contribution is -2.10. The van der Waals surface area contributed by atoms with Crippen LogP contribution in [0.15, 0.2) is 25.0 Å². The molecule has 128 valence electrons. The average Bonchev–Trinajstić information content (AvgIpc) is 2.95. The summed E-state index contributed by atoms with van der Waals surface area (Å²) in [5.41, 5.74) is 1.65. The first-order chi connectivity index (χ1) is 11.1. The van der Waals surface area contributed by atoms with Crippen LogP contribution in [0.3, 0.4) is 0 Å². The van der Waals surface area contributed by atoms with E-state index in [1.165, 1.54) is 19.3 Å². The fraction of sp³-hybridized carbons (Fsp3) is 0.579. The maximum absolute atomic E-state index is 5.83. The molecule has 1 aromatic heterocycles. The third-order valence-corrected chi connectivity index (χ3v) is 3.88. The van der Waals surface area contributed by atoms with Crippen LogP contribution in [-0.4, -0.2) is 21.6 Å². The van der Waals surface area contributed by atoms with E-state index in [1.54, 1.807) is 10.9 Å². The topological polar surface area (TPSA) is 39.9 Å². The van der Waals surface area contributed by atoms with Gasteiger partial charge in [0.2, 0.25) is 0 Å². The molecule has 0 aliphatic carbocycles. The second-order valence-electron chi connectivity index (χ2n) is 5.79. The molecule has 1 atom stereocenters. The second kappa shape index (κ2) is 10.8. The van der Waals surface area contributed by atoms with Crippen LogP contribution in [0.4, 0.5) is 0 Å². The summed E-state index contributed by atoms with van der Waals surface area (Å²) >= 11 is 0. The molecule has 1 rings (SSSR count). The van der Waals surface area contributed by atoms with Crippen molar-refractivity contribution in [2.45, 2.75) is 59.4 Å². The average molecular weight is 317 g/mol. The minimum absolute atomic E-state index is 0.628. The van der Waals surface area contributed by atoms with E-state index in [9.17, 15) is 0 Å². The van der Waals surface area contributed by atoms with Crippen LogP contribution in [0, 0.1) is 5.92 Å². The highest BCUT2D eigenvalue weighted by Crippen LogP contribution is 2.15.